The molecule has 2 N–H and O–H groups in total. The van der Waals surface area contributed by atoms with E-state index in [2.05, 4.69) is 37.7 Å². The maximum absolute atomic E-state index is 12.6. The minimum Gasteiger partial charge on any atom is -0.359 e. The molecule has 1 aromatic carbocycles. The van der Waals surface area contributed by atoms with Gasteiger partial charge < -0.3 is 10.6 Å². The number of carbonyl (C=O) groups is 1. The molecule has 192 valence electrons. The van der Waals surface area contributed by atoms with Crippen LogP contribution in [0.5, 0.6) is 0 Å². The highest BCUT2D eigenvalue weighted by Crippen LogP contribution is 2.35. The summed E-state index contributed by atoms with van der Waals surface area (Å²) in [5.74, 6) is 0.873. The Kier molecular flexibility index (Phi) is 6.74. The van der Waals surface area contributed by atoms with E-state index >= 15 is 0 Å². The van der Waals surface area contributed by atoms with E-state index in [9.17, 15) is 13.2 Å². The largest absolute Gasteiger partial charge is 0.359 e. The molecular formula is C26H34N6O3S. The fourth-order valence-electron chi connectivity index (χ4n) is 5.43. The van der Waals surface area contributed by atoms with Gasteiger partial charge in [0.05, 0.1) is 24.4 Å². The summed E-state index contributed by atoms with van der Waals surface area (Å²) < 4.78 is 25.3. The number of fused-ring (bicyclic) bond motifs is 1. The minimum atomic E-state index is -3.56. The highest BCUT2D eigenvalue weighted by atomic mass is 32.2. The van der Waals surface area contributed by atoms with Gasteiger partial charge in [-0.05, 0) is 69.2 Å². The summed E-state index contributed by atoms with van der Waals surface area (Å²) in [6, 6.07) is 10.5. The second-order valence-corrected chi connectivity index (χ2v) is 12.1. The van der Waals surface area contributed by atoms with Gasteiger partial charge in [-0.1, -0.05) is 17.7 Å². The van der Waals surface area contributed by atoms with E-state index in [-0.39, 0.29) is 18.5 Å². The summed E-state index contributed by atoms with van der Waals surface area (Å²) in [4.78, 5) is 19.5. The van der Waals surface area contributed by atoms with Crippen LogP contribution in [-0.2, 0) is 14.8 Å². The van der Waals surface area contributed by atoms with Gasteiger partial charge in [-0.2, -0.15) is 4.09 Å². The van der Waals surface area contributed by atoms with Gasteiger partial charge in [0.1, 0.15) is 0 Å². The Hall–Kier alpha value is -2.98. The first-order valence-electron chi connectivity index (χ1n) is 12.6. The van der Waals surface area contributed by atoms with Crippen LogP contribution in [0.3, 0.4) is 0 Å². The maximum Gasteiger partial charge on any atom is 0.251 e. The molecule has 0 unspecified atom stereocenters. The second-order valence-electron chi connectivity index (χ2n) is 10.3. The van der Waals surface area contributed by atoms with Crippen molar-refractivity contribution in [3.63, 3.8) is 0 Å². The summed E-state index contributed by atoms with van der Waals surface area (Å²) >= 11 is 0. The molecule has 9 nitrogen and oxygen atoms in total. The van der Waals surface area contributed by atoms with E-state index in [1.54, 1.807) is 6.07 Å². The van der Waals surface area contributed by atoms with E-state index in [0.717, 1.165) is 34.7 Å². The molecule has 0 radical (unpaired) electrons. The van der Waals surface area contributed by atoms with Gasteiger partial charge in [0.25, 0.3) is 10.0 Å². The first-order chi connectivity index (χ1) is 17.2. The highest BCUT2D eigenvalue weighted by Gasteiger charge is 2.35. The number of anilines is 1. The maximum atomic E-state index is 12.6. The zero-order valence-electron chi connectivity index (χ0n) is 21.1. The first-order valence-corrected chi connectivity index (χ1v) is 14.4. The zero-order valence-corrected chi connectivity index (χ0v) is 21.9. The molecule has 0 spiro atoms. The molecule has 2 fully saturated rings. The van der Waals surface area contributed by atoms with Crippen molar-refractivity contribution in [2.75, 3.05) is 31.2 Å². The fourth-order valence-corrected chi connectivity index (χ4v) is 6.17. The van der Waals surface area contributed by atoms with Crippen molar-refractivity contribution < 1.29 is 13.2 Å². The molecule has 0 atom stereocenters. The van der Waals surface area contributed by atoms with Gasteiger partial charge in [0.2, 0.25) is 5.91 Å². The molecule has 1 aliphatic carbocycles. The Labute approximate surface area is 212 Å². The summed E-state index contributed by atoms with van der Waals surface area (Å²) in [5, 5.41) is 11.0. The Morgan fingerprint density at radius 1 is 1.08 bits per heavy atom. The molecule has 5 rings (SSSR count). The molecule has 3 heterocycles. The molecule has 2 aromatic heterocycles. The summed E-state index contributed by atoms with van der Waals surface area (Å²) in [6.45, 7) is 5.74. The molecule has 1 saturated carbocycles. The number of aryl methyl sites for hydroxylation is 2. The molecule has 1 aliphatic heterocycles. The fraction of sp³-hybridized carbons (Fsp3) is 0.500. The van der Waals surface area contributed by atoms with Crippen molar-refractivity contribution in [2.45, 2.75) is 57.5 Å². The van der Waals surface area contributed by atoms with Gasteiger partial charge in [0, 0.05) is 36.4 Å². The van der Waals surface area contributed by atoms with Gasteiger partial charge in [0.15, 0.2) is 5.82 Å². The third-order valence-corrected chi connectivity index (χ3v) is 8.33. The molecule has 10 heteroatoms. The third-order valence-electron chi connectivity index (χ3n) is 7.43. The van der Waals surface area contributed by atoms with Gasteiger partial charge in [-0.25, -0.2) is 8.42 Å². The minimum absolute atomic E-state index is 0.0377. The molecule has 1 amide bonds. The second kappa shape index (κ2) is 9.82. The number of benzene rings is 1. The average molecular weight is 511 g/mol. The number of nitrogens with one attached hydrogen (secondary N) is 2. The van der Waals surface area contributed by atoms with Crippen LogP contribution < -0.4 is 10.6 Å². The van der Waals surface area contributed by atoms with Gasteiger partial charge >= 0.3 is 0 Å². The van der Waals surface area contributed by atoms with E-state index in [1.807, 2.05) is 32.2 Å². The van der Waals surface area contributed by atoms with Crippen LogP contribution in [0.15, 0.2) is 36.5 Å². The van der Waals surface area contributed by atoms with Crippen molar-refractivity contribution in [1.82, 2.24) is 24.4 Å². The average Bonchev–Trinajstić information content (AvgIpc) is 3.19. The summed E-state index contributed by atoms with van der Waals surface area (Å²) in [5.41, 5.74) is 3.89. The van der Waals surface area contributed by atoms with E-state index in [4.69, 9.17) is 0 Å². The number of nitrogens with zero attached hydrogens (tertiary/aromatic N) is 4. The van der Waals surface area contributed by atoms with E-state index < -0.39 is 10.0 Å². The van der Waals surface area contributed by atoms with Crippen LogP contribution in [-0.4, -0.2) is 71.4 Å². The standard InChI is InChI=1S/C26H34N6O3S/c1-17-4-11-24-23(12-17)26(30-32(24)36(3,34)35)28-14-25(33)29-21-15-31(16-21)22-9-7-19(8-10-22)20-6-5-18(2)27-13-20/h4-6,11-13,19,21-22H,7-10,14-16H2,1-3H3,(H,28,30)(H,29,33). The molecule has 2 aliphatic rings. The van der Waals surface area contributed by atoms with Crippen molar-refractivity contribution in [2.24, 2.45) is 0 Å². The number of pyridine rings is 1. The number of carbonyl (C=O) groups excluding carboxylic acids is 1. The number of amides is 1. The predicted molar refractivity (Wildman–Crippen MR) is 141 cm³/mol. The van der Waals surface area contributed by atoms with Crippen LogP contribution in [0.25, 0.3) is 10.9 Å². The Balaban J connectivity index is 1.09. The van der Waals surface area contributed by atoms with Gasteiger partial charge in [-0.3, -0.25) is 14.7 Å². The topological polar surface area (TPSA) is 109 Å². The molecule has 3 aromatic rings. The monoisotopic (exact) mass is 510 g/mol. The van der Waals surface area contributed by atoms with E-state index in [0.29, 0.717) is 28.7 Å². The third kappa shape index (κ3) is 5.24. The van der Waals surface area contributed by atoms with Crippen LogP contribution >= 0.6 is 0 Å². The highest BCUT2D eigenvalue weighted by molar-refractivity contribution is 7.89. The SMILES string of the molecule is Cc1ccc2c(c1)c(NCC(=O)NC1CN(C3CCC(c4ccc(C)nc4)CC3)C1)nn2S(C)(=O)=O. The lowest BCUT2D eigenvalue weighted by Gasteiger charge is -2.46. The molecule has 0 bridgehead atoms. The van der Waals surface area contributed by atoms with Crippen molar-refractivity contribution >= 4 is 32.7 Å². The van der Waals surface area contributed by atoms with Crippen molar-refractivity contribution in [1.29, 1.82) is 0 Å². The van der Waals surface area contributed by atoms with Crippen LogP contribution in [0.2, 0.25) is 0 Å². The Bertz CT molecular complexity index is 1350. The lowest BCUT2D eigenvalue weighted by molar-refractivity contribution is -0.121. The van der Waals surface area contributed by atoms with E-state index in [1.165, 1.54) is 31.2 Å². The number of rotatable bonds is 7. The molecular weight excluding hydrogens is 476 g/mol. The quantitative estimate of drug-likeness (QED) is 0.503. The number of likely N-dealkylation sites (tertiary alicyclic amines) is 1. The molecule has 36 heavy (non-hydrogen) atoms. The Morgan fingerprint density at radius 3 is 2.50 bits per heavy atom. The van der Waals surface area contributed by atoms with Gasteiger partial charge in [-0.15, -0.1) is 5.10 Å². The zero-order chi connectivity index (χ0) is 25.4. The lowest BCUT2D eigenvalue weighted by Crippen LogP contribution is -2.63. The normalized spacial score (nSPS) is 21.3. The van der Waals surface area contributed by atoms with Crippen molar-refractivity contribution in [3.05, 3.63) is 53.3 Å². The number of hydrogen-bond acceptors (Lipinski definition) is 7. The smallest absolute Gasteiger partial charge is 0.251 e. The van der Waals surface area contributed by atoms with Crippen LogP contribution in [0.1, 0.15) is 48.4 Å². The van der Waals surface area contributed by atoms with Crippen LogP contribution in [0.4, 0.5) is 5.82 Å². The number of aromatic nitrogens is 3. The number of hydrogen-bond donors (Lipinski definition) is 2. The first kappa shape index (κ1) is 24.7. The summed E-state index contributed by atoms with van der Waals surface area (Å²) in [6.07, 6.45) is 7.86. The summed E-state index contributed by atoms with van der Waals surface area (Å²) in [7, 11) is -3.56. The van der Waals surface area contributed by atoms with Crippen molar-refractivity contribution in [3.8, 4) is 0 Å². The molecule has 1 saturated heterocycles. The lowest BCUT2D eigenvalue weighted by atomic mass is 9.81. The Morgan fingerprint density at radius 2 is 1.83 bits per heavy atom. The predicted octanol–water partition coefficient (Wildman–Crippen LogP) is 2.79. The van der Waals surface area contributed by atoms with Crippen LogP contribution in [0, 0.1) is 13.8 Å².